The van der Waals surface area contributed by atoms with Gasteiger partial charge in [-0.2, -0.15) is 5.26 Å². The summed E-state index contributed by atoms with van der Waals surface area (Å²) in [6.45, 7) is 9.46. The minimum absolute atomic E-state index is 0.00634. The van der Waals surface area contributed by atoms with Gasteiger partial charge >= 0.3 is 0 Å². The molecular weight excluding hydrogens is 476 g/mol. The zero-order chi connectivity index (χ0) is 26.4. The molecule has 2 saturated heterocycles. The molecule has 2 aliphatic rings. The van der Waals surface area contributed by atoms with Crippen molar-refractivity contribution in [2.45, 2.75) is 39.3 Å². The Kier molecular flexibility index (Phi) is 5.95. The van der Waals surface area contributed by atoms with E-state index in [2.05, 4.69) is 45.9 Å². The Bertz CT molecular complexity index is 1570. The third kappa shape index (κ3) is 3.93. The number of rotatable bonds is 4. The lowest BCUT2D eigenvalue weighted by Gasteiger charge is -2.45. The van der Waals surface area contributed by atoms with Crippen LogP contribution in [0.25, 0.3) is 16.9 Å². The molecule has 0 N–H and O–H groups in total. The van der Waals surface area contributed by atoms with E-state index in [0.29, 0.717) is 24.5 Å². The highest BCUT2D eigenvalue weighted by atomic mass is 16.2. The highest BCUT2D eigenvalue weighted by molar-refractivity contribution is 6.01. The second-order valence-corrected chi connectivity index (χ2v) is 10.3. The number of nitriles is 1. The molecule has 38 heavy (non-hydrogen) atoms. The molecule has 0 aliphatic carbocycles. The third-order valence-corrected chi connectivity index (χ3v) is 7.76. The minimum Gasteiger partial charge on any atom is -0.369 e. The molecule has 9 nitrogen and oxygen atoms in total. The normalized spacial score (nSPS) is 19.4. The molecule has 1 aromatic carbocycles. The standard InChI is InChI=1S/C29H30N8O/c1-19-7-4-5-8-23(19)29(38)36-16-20(2)35(15-21(36)3)27-26-24(34-11-6-12-34)17-37(28(26)33-18-32-27)25-13-22(14-30)9-10-31-25/h4-5,7-10,13,17-18,20-21H,6,11-12,15-16H2,1-3H3/t20-,21+/m0/s1. The number of hydrogen-bond acceptors (Lipinski definition) is 7. The van der Waals surface area contributed by atoms with Crippen molar-refractivity contribution in [3.05, 3.63) is 71.8 Å². The Morgan fingerprint density at radius 2 is 1.87 bits per heavy atom. The quantitative estimate of drug-likeness (QED) is 0.414. The topological polar surface area (TPSA) is 94.2 Å². The molecule has 2 atom stereocenters. The highest BCUT2D eigenvalue weighted by Crippen LogP contribution is 2.39. The summed E-state index contributed by atoms with van der Waals surface area (Å²) >= 11 is 0. The number of anilines is 2. The monoisotopic (exact) mass is 506 g/mol. The summed E-state index contributed by atoms with van der Waals surface area (Å²) in [5, 5.41) is 10.4. The van der Waals surface area contributed by atoms with Crippen molar-refractivity contribution < 1.29 is 4.79 Å². The van der Waals surface area contributed by atoms with Gasteiger partial charge in [-0.25, -0.2) is 15.0 Å². The first-order valence-corrected chi connectivity index (χ1v) is 13.1. The summed E-state index contributed by atoms with van der Waals surface area (Å²) in [5.74, 6) is 1.60. The van der Waals surface area contributed by atoms with Crippen LogP contribution in [0.4, 0.5) is 11.5 Å². The van der Waals surface area contributed by atoms with Crippen LogP contribution in [0.5, 0.6) is 0 Å². The molecular formula is C29H30N8O. The van der Waals surface area contributed by atoms with Crippen molar-refractivity contribution in [2.24, 2.45) is 0 Å². The summed E-state index contributed by atoms with van der Waals surface area (Å²) in [4.78, 5) is 34.1. The number of aryl methyl sites for hydroxylation is 1. The number of carbonyl (C=O) groups excluding carboxylic acids is 1. The van der Waals surface area contributed by atoms with Crippen molar-refractivity contribution in [1.82, 2.24) is 24.4 Å². The lowest BCUT2D eigenvalue weighted by atomic mass is 10.0. The van der Waals surface area contributed by atoms with Crippen molar-refractivity contribution in [2.75, 3.05) is 36.0 Å². The molecule has 1 amide bonds. The average molecular weight is 507 g/mol. The Morgan fingerprint density at radius 1 is 1.05 bits per heavy atom. The number of fused-ring (bicyclic) bond motifs is 1. The number of piperazine rings is 1. The molecule has 0 unspecified atom stereocenters. The SMILES string of the molecule is Cc1ccccc1C(=O)N1C[C@H](C)N(c2ncnc3c2c(N2CCC2)cn3-c2cc(C#N)ccn2)C[C@H]1C. The fourth-order valence-electron chi connectivity index (χ4n) is 5.51. The van der Waals surface area contributed by atoms with Gasteiger partial charge in [-0.3, -0.25) is 9.36 Å². The molecule has 192 valence electrons. The number of nitrogens with zero attached hydrogens (tertiary/aromatic N) is 8. The Hall–Kier alpha value is -4.45. The number of hydrogen-bond donors (Lipinski definition) is 0. The maximum absolute atomic E-state index is 13.5. The Morgan fingerprint density at radius 3 is 2.61 bits per heavy atom. The first-order chi connectivity index (χ1) is 18.5. The molecule has 3 aromatic heterocycles. The van der Waals surface area contributed by atoms with Gasteiger partial charge in [-0.1, -0.05) is 18.2 Å². The number of carbonyl (C=O) groups is 1. The molecule has 0 bridgehead atoms. The van der Waals surface area contributed by atoms with Gasteiger partial charge in [-0.15, -0.1) is 0 Å². The second kappa shape index (κ2) is 9.45. The van der Waals surface area contributed by atoms with E-state index in [1.165, 1.54) is 0 Å². The van der Waals surface area contributed by atoms with Crippen LogP contribution < -0.4 is 9.80 Å². The van der Waals surface area contributed by atoms with Crippen LogP contribution in [0.3, 0.4) is 0 Å². The van der Waals surface area contributed by atoms with Crippen LogP contribution in [-0.4, -0.2) is 68.6 Å². The van der Waals surface area contributed by atoms with Gasteiger partial charge in [0.15, 0.2) is 5.65 Å². The van der Waals surface area contributed by atoms with E-state index in [1.54, 1.807) is 24.7 Å². The lowest BCUT2D eigenvalue weighted by Crippen LogP contribution is -2.58. The molecule has 6 rings (SSSR count). The predicted octanol–water partition coefficient (Wildman–Crippen LogP) is 3.95. The average Bonchev–Trinajstić information content (AvgIpc) is 3.28. The van der Waals surface area contributed by atoms with Gasteiger partial charge in [-0.05, 0) is 51.0 Å². The van der Waals surface area contributed by atoms with Crippen LogP contribution in [0, 0.1) is 18.3 Å². The zero-order valence-electron chi connectivity index (χ0n) is 21.9. The third-order valence-electron chi connectivity index (χ3n) is 7.76. The second-order valence-electron chi connectivity index (χ2n) is 10.3. The number of amides is 1. The Balaban J connectivity index is 1.40. The first-order valence-electron chi connectivity index (χ1n) is 13.1. The van der Waals surface area contributed by atoms with Crippen LogP contribution >= 0.6 is 0 Å². The van der Waals surface area contributed by atoms with Crippen molar-refractivity contribution >= 4 is 28.4 Å². The van der Waals surface area contributed by atoms with Crippen LogP contribution in [-0.2, 0) is 0 Å². The van der Waals surface area contributed by atoms with Crippen molar-refractivity contribution in [3.8, 4) is 11.9 Å². The fraction of sp³-hybridized carbons (Fsp3) is 0.345. The van der Waals surface area contributed by atoms with Gasteiger partial charge in [0.05, 0.1) is 22.7 Å². The maximum Gasteiger partial charge on any atom is 0.254 e. The van der Waals surface area contributed by atoms with Crippen molar-refractivity contribution in [3.63, 3.8) is 0 Å². The number of pyridine rings is 1. The summed E-state index contributed by atoms with van der Waals surface area (Å²) in [5.41, 5.74) is 4.14. The molecule has 5 heterocycles. The largest absolute Gasteiger partial charge is 0.369 e. The summed E-state index contributed by atoms with van der Waals surface area (Å²) in [6.07, 6.45) is 6.46. The van der Waals surface area contributed by atoms with Gasteiger partial charge in [0.2, 0.25) is 0 Å². The molecule has 0 radical (unpaired) electrons. The van der Waals surface area contributed by atoms with E-state index < -0.39 is 0 Å². The van der Waals surface area contributed by atoms with E-state index in [1.807, 2.05) is 40.7 Å². The summed E-state index contributed by atoms with van der Waals surface area (Å²) in [6, 6.07) is 13.5. The molecule has 4 aromatic rings. The molecule has 0 spiro atoms. The van der Waals surface area contributed by atoms with Crippen LogP contribution in [0.15, 0.2) is 55.1 Å². The predicted molar refractivity (Wildman–Crippen MR) is 147 cm³/mol. The van der Waals surface area contributed by atoms with E-state index in [-0.39, 0.29) is 18.0 Å². The van der Waals surface area contributed by atoms with Gasteiger partial charge in [0.1, 0.15) is 18.0 Å². The Labute approximate surface area is 222 Å². The highest BCUT2D eigenvalue weighted by Gasteiger charge is 2.35. The van der Waals surface area contributed by atoms with E-state index >= 15 is 0 Å². The minimum atomic E-state index is 0.00634. The van der Waals surface area contributed by atoms with Gasteiger partial charge < -0.3 is 14.7 Å². The van der Waals surface area contributed by atoms with E-state index in [9.17, 15) is 10.1 Å². The number of aromatic nitrogens is 4. The first kappa shape index (κ1) is 23.9. The van der Waals surface area contributed by atoms with Gasteiger partial charge in [0, 0.05) is 56.2 Å². The maximum atomic E-state index is 13.5. The molecule has 2 aliphatic heterocycles. The smallest absolute Gasteiger partial charge is 0.254 e. The van der Waals surface area contributed by atoms with Crippen molar-refractivity contribution in [1.29, 1.82) is 5.26 Å². The van der Waals surface area contributed by atoms with E-state index in [4.69, 9.17) is 4.98 Å². The molecule has 0 saturated carbocycles. The zero-order valence-corrected chi connectivity index (χ0v) is 21.9. The summed E-state index contributed by atoms with van der Waals surface area (Å²) in [7, 11) is 0. The van der Waals surface area contributed by atoms with Crippen LogP contribution in [0.1, 0.15) is 41.8 Å². The molecule has 9 heteroatoms. The van der Waals surface area contributed by atoms with Gasteiger partial charge in [0.25, 0.3) is 5.91 Å². The number of benzene rings is 1. The molecule has 2 fully saturated rings. The summed E-state index contributed by atoms with van der Waals surface area (Å²) < 4.78 is 1.96. The lowest BCUT2D eigenvalue weighted by molar-refractivity contribution is 0.0643. The van der Waals surface area contributed by atoms with Crippen LogP contribution in [0.2, 0.25) is 0 Å². The van der Waals surface area contributed by atoms with E-state index in [0.717, 1.165) is 53.2 Å². The fourth-order valence-corrected chi connectivity index (χ4v) is 5.51.